The van der Waals surface area contributed by atoms with Crippen LogP contribution in [0.2, 0.25) is 0 Å². The summed E-state index contributed by atoms with van der Waals surface area (Å²) in [5.41, 5.74) is 0.827. The van der Waals surface area contributed by atoms with Gasteiger partial charge < -0.3 is 4.74 Å². The highest BCUT2D eigenvalue weighted by molar-refractivity contribution is 5.26. The Morgan fingerprint density at radius 2 is 1.34 bits per heavy atom. The highest BCUT2D eigenvalue weighted by atomic mass is 19.1. The predicted molar refractivity (Wildman–Crippen MR) is 116 cm³/mol. The van der Waals surface area contributed by atoms with Crippen LogP contribution in [0.5, 0.6) is 0 Å². The molecule has 1 aromatic rings. The molecule has 3 heteroatoms. The number of methoxy groups -OCH3 is 1. The number of rotatable bonds is 9. The number of hydrogen-bond donors (Lipinski definition) is 0. The Kier molecular flexibility index (Phi) is 8.96. The topological polar surface area (TPSA) is 9.23 Å². The third-order valence-electron chi connectivity index (χ3n) is 7.75. The number of aryl methyl sites for hydroxylation is 1. The van der Waals surface area contributed by atoms with Crippen molar-refractivity contribution in [3.05, 3.63) is 34.9 Å². The largest absolute Gasteiger partial charge is 0.380 e. The van der Waals surface area contributed by atoms with Gasteiger partial charge in [-0.25, -0.2) is 8.78 Å². The van der Waals surface area contributed by atoms with Crippen LogP contribution in [-0.2, 0) is 17.8 Å². The number of benzene rings is 1. The lowest BCUT2D eigenvalue weighted by Gasteiger charge is -2.38. The van der Waals surface area contributed by atoms with Crippen LogP contribution >= 0.6 is 0 Å². The first-order valence-electron chi connectivity index (χ1n) is 12.1. The molecular weight excluding hydrogens is 366 g/mol. The van der Waals surface area contributed by atoms with E-state index >= 15 is 0 Å². The predicted octanol–water partition coefficient (Wildman–Crippen LogP) is 7.85. The molecule has 0 bridgehead atoms. The second-order valence-corrected chi connectivity index (χ2v) is 9.71. The summed E-state index contributed by atoms with van der Waals surface area (Å²) in [6, 6.07) is 3.00. The Balaban J connectivity index is 1.39. The minimum absolute atomic E-state index is 0.0114. The summed E-state index contributed by atoms with van der Waals surface area (Å²) in [5.74, 6) is 2.67. The van der Waals surface area contributed by atoms with Crippen LogP contribution in [0.25, 0.3) is 0 Å². The van der Waals surface area contributed by atoms with Gasteiger partial charge >= 0.3 is 0 Å². The smallest absolute Gasteiger partial charge is 0.131 e. The average molecular weight is 407 g/mol. The molecule has 0 aromatic heterocycles. The highest BCUT2D eigenvalue weighted by Crippen LogP contribution is 2.43. The summed E-state index contributed by atoms with van der Waals surface area (Å²) >= 11 is 0. The van der Waals surface area contributed by atoms with Crippen molar-refractivity contribution in [2.75, 3.05) is 7.11 Å². The lowest BCUT2D eigenvalue weighted by molar-refractivity contribution is 0.140. The van der Waals surface area contributed by atoms with E-state index in [1.807, 2.05) is 0 Å². The summed E-state index contributed by atoms with van der Waals surface area (Å²) in [4.78, 5) is 0. The van der Waals surface area contributed by atoms with Crippen molar-refractivity contribution in [1.82, 2.24) is 0 Å². The van der Waals surface area contributed by atoms with Crippen LogP contribution < -0.4 is 0 Å². The van der Waals surface area contributed by atoms with Gasteiger partial charge in [-0.2, -0.15) is 0 Å². The molecule has 0 saturated heterocycles. The zero-order valence-electron chi connectivity index (χ0n) is 18.5. The Labute approximate surface area is 176 Å². The van der Waals surface area contributed by atoms with E-state index in [2.05, 4.69) is 6.92 Å². The summed E-state index contributed by atoms with van der Waals surface area (Å²) in [6.45, 7) is 2.29. The van der Waals surface area contributed by atoms with Gasteiger partial charge in [-0.3, -0.25) is 0 Å². The van der Waals surface area contributed by atoms with Gasteiger partial charge in [-0.1, -0.05) is 51.9 Å². The maximum atomic E-state index is 14.1. The molecule has 29 heavy (non-hydrogen) atoms. The Morgan fingerprint density at radius 1 is 0.828 bits per heavy atom. The van der Waals surface area contributed by atoms with Crippen LogP contribution in [0, 0.1) is 35.3 Å². The molecule has 3 rings (SSSR count). The van der Waals surface area contributed by atoms with E-state index in [0.29, 0.717) is 0 Å². The SMILES string of the molecule is CCCC[C@H]1CC[C@H](C2CCC(CCc3cc(F)c(COC)c(F)c3)CC2)CC1. The molecule has 2 fully saturated rings. The maximum absolute atomic E-state index is 14.1. The fraction of sp³-hybridized carbons (Fsp3) is 0.769. The monoisotopic (exact) mass is 406 g/mol. The lowest BCUT2D eigenvalue weighted by Crippen LogP contribution is -2.26. The van der Waals surface area contributed by atoms with E-state index < -0.39 is 11.6 Å². The second kappa shape index (κ2) is 11.4. The van der Waals surface area contributed by atoms with Gasteiger partial charge in [0, 0.05) is 12.7 Å². The molecule has 0 unspecified atom stereocenters. The third kappa shape index (κ3) is 6.51. The van der Waals surface area contributed by atoms with E-state index in [1.54, 1.807) is 0 Å². The average Bonchev–Trinajstić information content (AvgIpc) is 2.74. The standard InChI is InChI=1S/C26H40F2O/c1-3-4-5-19-8-12-22(13-9-19)23-14-10-20(11-15-23)6-7-21-16-25(27)24(18-29-2)26(28)17-21/h16-17,19-20,22-23H,3-15,18H2,1-2H3/t19-,20?,22-,23?. The zero-order chi connectivity index (χ0) is 20.6. The van der Waals surface area contributed by atoms with Gasteiger partial charge in [0.2, 0.25) is 0 Å². The Hall–Kier alpha value is -0.960. The van der Waals surface area contributed by atoms with Crippen molar-refractivity contribution in [2.24, 2.45) is 23.7 Å². The minimum Gasteiger partial charge on any atom is -0.380 e. The van der Waals surface area contributed by atoms with E-state index in [4.69, 9.17) is 4.74 Å². The van der Waals surface area contributed by atoms with E-state index in [9.17, 15) is 8.78 Å². The quantitative estimate of drug-likeness (QED) is 0.406. The Morgan fingerprint density at radius 3 is 1.83 bits per heavy atom. The molecule has 2 saturated carbocycles. The lowest BCUT2D eigenvalue weighted by atomic mass is 9.68. The van der Waals surface area contributed by atoms with Gasteiger partial charge in [-0.05, 0) is 79.9 Å². The van der Waals surface area contributed by atoms with Gasteiger partial charge in [-0.15, -0.1) is 0 Å². The first-order chi connectivity index (χ1) is 14.1. The van der Waals surface area contributed by atoms with Crippen LogP contribution in [0.4, 0.5) is 8.78 Å². The van der Waals surface area contributed by atoms with E-state index in [0.717, 1.165) is 42.1 Å². The molecule has 1 aromatic carbocycles. The summed E-state index contributed by atoms with van der Waals surface area (Å²) in [7, 11) is 1.46. The molecule has 0 atom stereocenters. The molecule has 0 radical (unpaired) electrons. The van der Waals surface area contributed by atoms with Crippen LogP contribution in [0.1, 0.15) is 95.1 Å². The molecule has 0 spiro atoms. The van der Waals surface area contributed by atoms with Gasteiger partial charge in [0.05, 0.1) is 6.61 Å². The summed E-state index contributed by atoms with van der Waals surface area (Å²) < 4.78 is 33.1. The summed E-state index contributed by atoms with van der Waals surface area (Å²) in [6.07, 6.45) is 17.2. The van der Waals surface area contributed by atoms with Crippen molar-refractivity contribution in [2.45, 2.75) is 97.0 Å². The Bertz CT molecular complexity index is 590. The molecule has 0 N–H and O–H groups in total. The van der Waals surface area contributed by atoms with Crippen molar-refractivity contribution in [1.29, 1.82) is 0 Å². The molecule has 164 valence electrons. The van der Waals surface area contributed by atoms with E-state index in [-0.39, 0.29) is 12.2 Å². The molecule has 0 aliphatic heterocycles. The highest BCUT2D eigenvalue weighted by Gasteiger charge is 2.30. The molecule has 0 heterocycles. The zero-order valence-corrected chi connectivity index (χ0v) is 18.5. The normalized spacial score (nSPS) is 27.9. The van der Waals surface area contributed by atoms with Crippen molar-refractivity contribution in [3.8, 4) is 0 Å². The fourth-order valence-corrected chi connectivity index (χ4v) is 5.84. The van der Waals surface area contributed by atoms with Crippen LogP contribution in [0.15, 0.2) is 12.1 Å². The summed E-state index contributed by atoms with van der Waals surface area (Å²) in [5, 5.41) is 0. The fourth-order valence-electron chi connectivity index (χ4n) is 5.84. The maximum Gasteiger partial charge on any atom is 0.131 e. The molecule has 2 aliphatic carbocycles. The number of hydrogen-bond acceptors (Lipinski definition) is 1. The second-order valence-electron chi connectivity index (χ2n) is 9.71. The first-order valence-corrected chi connectivity index (χ1v) is 12.1. The first kappa shape index (κ1) is 22.7. The molecular formula is C26H40F2O. The van der Waals surface area contributed by atoms with Gasteiger partial charge in [0.15, 0.2) is 0 Å². The van der Waals surface area contributed by atoms with Gasteiger partial charge in [0.1, 0.15) is 11.6 Å². The van der Waals surface area contributed by atoms with Crippen molar-refractivity contribution >= 4 is 0 Å². The number of unbranched alkanes of at least 4 members (excludes halogenated alkanes) is 1. The number of ether oxygens (including phenoxy) is 1. The third-order valence-corrected chi connectivity index (χ3v) is 7.75. The van der Waals surface area contributed by atoms with Crippen molar-refractivity contribution < 1.29 is 13.5 Å². The van der Waals surface area contributed by atoms with Crippen LogP contribution in [0.3, 0.4) is 0 Å². The minimum atomic E-state index is -0.472. The molecule has 0 amide bonds. The number of halogens is 2. The molecule has 2 aliphatic rings. The molecule has 1 nitrogen and oxygen atoms in total. The van der Waals surface area contributed by atoms with Crippen LogP contribution in [-0.4, -0.2) is 7.11 Å². The van der Waals surface area contributed by atoms with Crippen molar-refractivity contribution in [3.63, 3.8) is 0 Å². The van der Waals surface area contributed by atoms with Gasteiger partial charge in [0.25, 0.3) is 0 Å². The van der Waals surface area contributed by atoms with E-state index in [1.165, 1.54) is 89.9 Å².